The number of halogens is 2. The van der Waals surface area contributed by atoms with Gasteiger partial charge in [0.25, 0.3) is 0 Å². The molecular weight excluding hydrogens is 539 g/mol. The number of nitrogens with one attached hydrogen (secondary N) is 3. The third kappa shape index (κ3) is 6.08. The minimum absolute atomic E-state index is 0.133. The average Bonchev–Trinajstić information content (AvgIpc) is 3.59. The van der Waals surface area contributed by atoms with Crippen molar-refractivity contribution < 1.29 is 9.59 Å². The summed E-state index contributed by atoms with van der Waals surface area (Å²) in [5.74, 6) is 0.0159. The standard InChI is InChI=1S/C27H24Cl2N8O2/c1-2-16-7-10-21(27-33-25(26(29)34-27)19-5-3-4-6-20(19)31-24(39)13-16)32-23(38)12-8-17-14-18(28)9-11-22(17)37-15-30-35-36-37/h3-9,11-12,14-15,21H,2,10,13H2,1H3,(H,31,39)(H,32,38)(H,33,34)/b12-8+,16-7-/t21-/m0/s1. The predicted molar refractivity (Wildman–Crippen MR) is 149 cm³/mol. The number of benzene rings is 2. The van der Waals surface area contributed by atoms with E-state index in [1.165, 1.54) is 17.1 Å². The maximum Gasteiger partial charge on any atom is 0.244 e. The fourth-order valence-corrected chi connectivity index (χ4v) is 4.72. The number of hydrogen-bond acceptors (Lipinski definition) is 6. The van der Waals surface area contributed by atoms with Crippen LogP contribution in [0.5, 0.6) is 0 Å². The van der Waals surface area contributed by atoms with Crippen molar-refractivity contribution in [1.29, 1.82) is 0 Å². The number of tetrazole rings is 1. The van der Waals surface area contributed by atoms with Crippen LogP contribution in [0.2, 0.25) is 10.2 Å². The molecule has 2 bridgehead atoms. The second-order valence-electron chi connectivity index (χ2n) is 8.86. The van der Waals surface area contributed by atoms with Gasteiger partial charge in [0.05, 0.1) is 17.4 Å². The molecule has 2 aromatic heterocycles. The van der Waals surface area contributed by atoms with Gasteiger partial charge in [0.2, 0.25) is 11.8 Å². The van der Waals surface area contributed by atoms with Gasteiger partial charge in [0, 0.05) is 28.6 Å². The number of fused-ring (bicyclic) bond motifs is 4. The second kappa shape index (κ2) is 11.6. The summed E-state index contributed by atoms with van der Waals surface area (Å²) in [6.07, 6.45) is 7.82. The van der Waals surface area contributed by atoms with Crippen molar-refractivity contribution in [1.82, 2.24) is 35.5 Å². The van der Waals surface area contributed by atoms with Crippen LogP contribution in [0.4, 0.5) is 5.69 Å². The van der Waals surface area contributed by atoms with Crippen LogP contribution < -0.4 is 10.6 Å². The molecule has 198 valence electrons. The fraction of sp³-hybridized carbons (Fsp3) is 0.185. The van der Waals surface area contributed by atoms with E-state index in [1.807, 2.05) is 37.3 Å². The van der Waals surface area contributed by atoms with Gasteiger partial charge in [-0.05, 0) is 53.6 Å². The van der Waals surface area contributed by atoms with Crippen molar-refractivity contribution in [3.63, 3.8) is 0 Å². The van der Waals surface area contributed by atoms with Crippen LogP contribution >= 0.6 is 23.2 Å². The summed E-state index contributed by atoms with van der Waals surface area (Å²) in [6, 6.07) is 12.0. The van der Waals surface area contributed by atoms with Gasteiger partial charge >= 0.3 is 0 Å². The number of amides is 2. The number of hydrogen-bond donors (Lipinski definition) is 3. The van der Waals surface area contributed by atoms with Gasteiger partial charge < -0.3 is 15.6 Å². The van der Waals surface area contributed by atoms with E-state index in [0.717, 1.165) is 5.57 Å². The summed E-state index contributed by atoms with van der Waals surface area (Å²) in [7, 11) is 0. The molecule has 3 N–H and O–H groups in total. The van der Waals surface area contributed by atoms with Crippen molar-refractivity contribution >= 4 is 46.8 Å². The Kier molecular flexibility index (Phi) is 7.85. The van der Waals surface area contributed by atoms with Gasteiger partial charge in [0.15, 0.2) is 0 Å². The Morgan fingerprint density at radius 3 is 2.87 bits per heavy atom. The van der Waals surface area contributed by atoms with Crippen LogP contribution in [0.15, 0.2) is 66.5 Å². The van der Waals surface area contributed by atoms with Crippen LogP contribution in [0, 0.1) is 0 Å². The molecule has 0 spiro atoms. The molecule has 0 fully saturated rings. The van der Waals surface area contributed by atoms with Gasteiger partial charge in [-0.2, -0.15) is 4.68 Å². The van der Waals surface area contributed by atoms with Crippen molar-refractivity contribution in [3.05, 3.63) is 88.1 Å². The van der Waals surface area contributed by atoms with Crippen LogP contribution in [-0.2, 0) is 9.59 Å². The first-order valence-electron chi connectivity index (χ1n) is 12.2. The maximum atomic E-state index is 13.1. The highest BCUT2D eigenvalue weighted by molar-refractivity contribution is 6.32. The van der Waals surface area contributed by atoms with E-state index in [4.69, 9.17) is 28.2 Å². The summed E-state index contributed by atoms with van der Waals surface area (Å²) < 4.78 is 1.48. The maximum absolute atomic E-state index is 13.1. The van der Waals surface area contributed by atoms with Crippen molar-refractivity contribution in [2.45, 2.75) is 32.2 Å². The first kappa shape index (κ1) is 26.3. The SMILES string of the molecule is CC/C1=C/C[C@H](NC(=O)/C=C/c2cc(Cl)ccc2-n2cnnn2)c2nc(c(Cl)[nH]2)-c2ccccc2NC(=O)C1. The molecular formula is C27H24Cl2N8O2. The molecule has 1 aliphatic rings. The Bertz CT molecular complexity index is 1580. The van der Waals surface area contributed by atoms with Gasteiger partial charge in [-0.3, -0.25) is 9.59 Å². The van der Waals surface area contributed by atoms with E-state index in [0.29, 0.717) is 57.0 Å². The molecule has 5 rings (SSSR count). The Morgan fingerprint density at radius 2 is 2.08 bits per heavy atom. The molecule has 1 aliphatic heterocycles. The lowest BCUT2D eigenvalue weighted by atomic mass is 10.0. The van der Waals surface area contributed by atoms with Crippen molar-refractivity contribution in [3.8, 4) is 16.9 Å². The molecule has 10 nitrogen and oxygen atoms in total. The molecule has 4 aromatic rings. The third-order valence-corrected chi connectivity index (χ3v) is 6.77. The molecule has 0 unspecified atom stereocenters. The molecule has 0 radical (unpaired) electrons. The second-order valence-corrected chi connectivity index (χ2v) is 9.67. The molecule has 39 heavy (non-hydrogen) atoms. The lowest BCUT2D eigenvalue weighted by molar-refractivity contribution is -0.117. The number of anilines is 1. The number of rotatable bonds is 5. The number of aromatic nitrogens is 6. The zero-order valence-corrected chi connectivity index (χ0v) is 22.4. The van der Waals surface area contributed by atoms with Gasteiger partial charge in [-0.15, -0.1) is 5.10 Å². The van der Waals surface area contributed by atoms with Gasteiger partial charge in [-0.1, -0.05) is 60.0 Å². The van der Waals surface area contributed by atoms with Gasteiger partial charge in [0.1, 0.15) is 23.0 Å². The smallest absolute Gasteiger partial charge is 0.244 e. The molecule has 12 heteroatoms. The topological polar surface area (TPSA) is 130 Å². The average molecular weight is 563 g/mol. The number of carbonyl (C=O) groups excluding carboxylic acids is 2. The first-order valence-corrected chi connectivity index (χ1v) is 13.0. The van der Waals surface area contributed by atoms with Crippen LogP contribution in [0.25, 0.3) is 23.0 Å². The molecule has 0 saturated heterocycles. The Morgan fingerprint density at radius 1 is 1.23 bits per heavy atom. The minimum atomic E-state index is -0.525. The number of imidazole rings is 1. The lowest BCUT2D eigenvalue weighted by Crippen LogP contribution is -2.27. The Hall–Kier alpha value is -4.28. The van der Waals surface area contributed by atoms with Crippen LogP contribution in [0.1, 0.15) is 43.6 Å². The Labute approximate surface area is 234 Å². The largest absolute Gasteiger partial charge is 0.342 e. The van der Waals surface area contributed by atoms with E-state index >= 15 is 0 Å². The number of H-pyrrole nitrogens is 1. The normalized spacial score (nSPS) is 16.9. The molecule has 3 heterocycles. The van der Waals surface area contributed by atoms with E-state index < -0.39 is 6.04 Å². The first-order chi connectivity index (χ1) is 18.9. The molecule has 2 amide bonds. The highest BCUT2D eigenvalue weighted by atomic mass is 35.5. The number of nitrogens with zero attached hydrogens (tertiary/aromatic N) is 5. The van der Waals surface area contributed by atoms with E-state index in [9.17, 15) is 9.59 Å². The highest BCUT2D eigenvalue weighted by Crippen LogP contribution is 2.34. The predicted octanol–water partition coefficient (Wildman–Crippen LogP) is 5.30. The van der Waals surface area contributed by atoms with E-state index in [2.05, 4.69) is 31.1 Å². The van der Waals surface area contributed by atoms with E-state index in [-0.39, 0.29) is 18.2 Å². The monoisotopic (exact) mass is 562 g/mol. The zero-order chi connectivity index (χ0) is 27.4. The summed E-state index contributed by atoms with van der Waals surface area (Å²) in [5, 5.41) is 18.0. The summed E-state index contributed by atoms with van der Waals surface area (Å²) in [5.41, 5.74) is 4.05. The number of para-hydroxylation sites is 1. The van der Waals surface area contributed by atoms with Crippen molar-refractivity contribution in [2.24, 2.45) is 0 Å². The quantitative estimate of drug-likeness (QED) is 0.223. The summed E-state index contributed by atoms with van der Waals surface area (Å²) >= 11 is 12.8. The van der Waals surface area contributed by atoms with E-state index in [1.54, 1.807) is 24.3 Å². The molecule has 0 saturated carbocycles. The molecule has 2 aromatic carbocycles. The van der Waals surface area contributed by atoms with Crippen LogP contribution in [0.3, 0.4) is 0 Å². The number of aromatic amines is 1. The summed E-state index contributed by atoms with van der Waals surface area (Å²) in [4.78, 5) is 33.7. The zero-order valence-electron chi connectivity index (χ0n) is 20.9. The lowest BCUT2D eigenvalue weighted by Gasteiger charge is -2.16. The molecule has 0 aliphatic carbocycles. The van der Waals surface area contributed by atoms with Crippen LogP contribution in [-0.4, -0.2) is 42.0 Å². The number of carbonyl (C=O) groups is 2. The summed E-state index contributed by atoms with van der Waals surface area (Å²) in [6.45, 7) is 1.99. The minimum Gasteiger partial charge on any atom is -0.342 e. The van der Waals surface area contributed by atoms with Crippen molar-refractivity contribution in [2.75, 3.05) is 5.32 Å². The van der Waals surface area contributed by atoms with Gasteiger partial charge in [-0.25, -0.2) is 4.98 Å². The third-order valence-electron chi connectivity index (χ3n) is 6.26. The fourth-order valence-electron chi connectivity index (χ4n) is 4.30. The highest BCUT2D eigenvalue weighted by Gasteiger charge is 2.22. The molecule has 1 atom stereocenters. The Balaban J connectivity index is 1.46.